The minimum Gasteiger partial charge on any atom is -0.423 e. The summed E-state index contributed by atoms with van der Waals surface area (Å²) in [6.07, 6.45) is 0.554. The number of hydrogen-bond acceptors (Lipinski definition) is 5. The molecular weight excluding hydrogens is 350 g/mol. The highest BCUT2D eigenvalue weighted by atomic mass is 16.4. The molecule has 8 heteroatoms. The van der Waals surface area contributed by atoms with E-state index in [4.69, 9.17) is 4.42 Å². The van der Waals surface area contributed by atoms with Crippen molar-refractivity contribution in [2.45, 2.75) is 39.8 Å². The summed E-state index contributed by atoms with van der Waals surface area (Å²) in [4.78, 5) is 49.0. The van der Waals surface area contributed by atoms with Crippen LogP contribution in [0.2, 0.25) is 0 Å². The van der Waals surface area contributed by atoms with Gasteiger partial charge in [-0.15, -0.1) is 0 Å². The number of anilines is 1. The van der Waals surface area contributed by atoms with Crippen molar-refractivity contribution < 1.29 is 18.8 Å². The van der Waals surface area contributed by atoms with Gasteiger partial charge in [-0.25, -0.2) is 9.59 Å². The van der Waals surface area contributed by atoms with Crippen molar-refractivity contribution in [3.63, 3.8) is 0 Å². The van der Waals surface area contributed by atoms with Crippen molar-refractivity contribution in [2.75, 3.05) is 5.32 Å². The van der Waals surface area contributed by atoms with Gasteiger partial charge in [-0.3, -0.25) is 14.5 Å². The number of imide groups is 1. The molecule has 1 aromatic heterocycles. The van der Waals surface area contributed by atoms with Gasteiger partial charge in [0.05, 0.1) is 6.54 Å². The van der Waals surface area contributed by atoms with Crippen molar-refractivity contribution in [1.82, 2.24) is 10.2 Å². The van der Waals surface area contributed by atoms with Gasteiger partial charge in [-0.2, -0.15) is 0 Å². The van der Waals surface area contributed by atoms with E-state index in [1.54, 1.807) is 12.1 Å². The normalized spacial score (nSPS) is 16.9. The Labute approximate surface area is 155 Å². The van der Waals surface area contributed by atoms with Crippen LogP contribution in [0, 0.1) is 5.92 Å². The van der Waals surface area contributed by atoms with Crippen molar-refractivity contribution in [3.05, 3.63) is 40.2 Å². The van der Waals surface area contributed by atoms with E-state index >= 15 is 0 Å². The molecule has 1 aromatic carbocycles. The molecular formula is C19H21N3O5. The van der Waals surface area contributed by atoms with Crippen molar-refractivity contribution >= 4 is 34.5 Å². The third kappa shape index (κ3) is 3.99. The smallest absolute Gasteiger partial charge is 0.336 e. The van der Waals surface area contributed by atoms with Crippen molar-refractivity contribution in [2.24, 2.45) is 5.92 Å². The fourth-order valence-electron chi connectivity index (χ4n) is 3.17. The number of nitrogens with one attached hydrogen (secondary N) is 2. The van der Waals surface area contributed by atoms with Crippen molar-refractivity contribution in [3.8, 4) is 0 Å². The standard InChI is InChI=1S/C19H21N3O5/c1-10(2)6-15-18(25)22(19(26)21-15)9-12-7-17(24)27-16-8-13(20-11(3)23)4-5-14(12)16/h4-5,7-8,10,15H,6,9H2,1-3H3,(H,20,23)(H,21,26). The number of carbonyl (C=O) groups excluding carboxylic acids is 3. The lowest BCUT2D eigenvalue weighted by Gasteiger charge is -2.15. The van der Waals surface area contributed by atoms with Crippen LogP contribution in [0.4, 0.5) is 10.5 Å². The van der Waals surface area contributed by atoms with Gasteiger partial charge in [0.25, 0.3) is 5.91 Å². The number of fused-ring (bicyclic) bond motifs is 1. The van der Waals surface area contributed by atoms with Gasteiger partial charge in [-0.05, 0) is 30.0 Å². The zero-order valence-corrected chi connectivity index (χ0v) is 15.4. The quantitative estimate of drug-likeness (QED) is 0.619. The molecule has 2 N–H and O–H groups in total. The first-order chi connectivity index (χ1) is 12.7. The van der Waals surface area contributed by atoms with Gasteiger partial charge in [0.2, 0.25) is 5.91 Å². The average Bonchev–Trinajstić information content (AvgIpc) is 2.80. The Hall–Kier alpha value is -3.16. The Kier molecular flexibility index (Phi) is 4.98. The Bertz CT molecular complexity index is 979. The summed E-state index contributed by atoms with van der Waals surface area (Å²) in [6.45, 7) is 5.30. The zero-order chi connectivity index (χ0) is 19.7. The number of rotatable bonds is 5. The summed E-state index contributed by atoms with van der Waals surface area (Å²) in [5.41, 5.74) is 0.671. The molecule has 27 heavy (non-hydrogen) atoms. The van der Waals surface area contributed by atoms with Gasteiger partial charge >= 0.3 is 11.7 Å². The first-order valence-corrected chi connectivity index (χ1v) is 8.71. The topological polar surface area (TPSA) is 109 Å². The zero-order valence-electron chi connectivity index (χ0n) is 15.4. The summed E-state index contributed by atoms with van der Waals surface area (Å²) in [6, 6.07) is 5.15. The molecule has 1 fully saturated rings. The summed E-state index contributed by atoms with van der Waals surface area (Å²) in [7, 11) is 0. The van der Waals surface area contributed by atoms with Crippen LogP contribution in [0.25, 0.3) is 11.0 Å². The maximum absolute atomic E-state index is 12.5. The maximum atomic E-state index is 12.5. The average molecular weight is 371 g/mol. The number of urea groups is 1. The molecule has 0 saturated carbocycles. The molecule has 0 aliphatic carbocycles. The van der Waals surface area contributed by atoms with Crippen molar-refractivity contribution in [1.29, 1.82) is 0 Å². The predicted octanol–water partition coefficient (Wildman–Crippen LogP) is 2.22. The largest absolute Gasteiger partial charge is 0.423 e. The summed E-state index contributed by atoms with van der Waals surface area (Å²) in [5.74, 6) is -0.288. The molecule has 0 spiro atoms. The van der Waals surface area contributed by atoms with Crippen LogP contribution in [-0.4, -0.2) is 28.8 Å². The number of benzene rings is 1. The van der Waals surface area contributed by atoms with Crippen LogP contribution in [0.15, 0.2) is 33.5 Å². The lowest BCUT2D eigenvalue weighted by Crippen LogP contribution is -2.31. The third-order valence-corrected chi connectivity index (χ3v) is 4.29. The summed E-state index contributed by atoms with van der Waals surface area (Å²) < 4.78 is 5.21. The molecule has 4 amide bonds. The lowest BCUT2D eigenvalue weighted by atomic mass is 10.0. The second kappa shape index (κ2) is 7.22. The van der Waals surface area contributed by atoms with E-state index in [1.165, 1.54) is 19.1 Å². The Morgan fingerprint density at radius 1 is 1.26 bits per heavy atom. The first kappa shape index (κ1) is 18.6. The molecule has 0 radical (unpaired) electrons. The van der Waals surface area contributed by atoms with E-state index < -0.39 is 17.7 Å². The molecule has 1 aliphatic heterocycles. The SMILES string of the molecule is CC(=O)Nc1ccc2c(CN3C(=O)NC(CC(C)C)C3=O)cc(=O)oc2c1. The van der Waals surface area contributed by atoms with Crippen LogP contribution in [0.5, 0.6) is 0 Å². The third-order valence-electron chi connectivity index (χ3n) is 4.29. The molecule has 1 unspecified atom stereocenters. The van der Waals surface area contributed by atoms with Crippen LogP contribution >= 0.6 is 0 Å². The van der Waals surface area contributed by atoms with Crippen LogP contribution in [0.3, 0.4) is 0 Å². The first-order valence-electron chi connectivity index (χ1n) is 8.71. The van der Waals surface area contributed by atoms with Crippen LogP contribution < -0.4 is 16.3 Å². The van der Waals surface area contributed by atoms with E-state index in [-0.39, 0.29) is 29.9 Å². The molecule has 1 atom stereocenters. The molecule has 1 aliphatic rings. The van der Waals surface area contributed by atoms with E-state index in [0.717, 1.165) is 4.90 Å². The highest BCUT2D eigenvalue weighted by molar-refractivity contribution is 6.04. The number of carbonyl (C=O) groups is 3. The predicted molar refractivity (Wildman–Crippen MR) is 99.1 cm³/mol. The second-order valence-electron chi connectivity index (χ2n) is 7.04. The highest BCUT2D eigenvalue weighted by Gasteiger charge is 2.38. The minimum atomic E-state index is -0.594. The van der Waals surface area contributed by atoms with Gasteiger partial charge < -0.3 is 15.1 Å². The van der Waals surface area contributed by atoms with Gasteiger partial charge in [0.1, 0.15) is 11.6 Å². The Balaban J connectivity index is 1.92. The van der Waals surface area contributed by atoms with E-state index in [0.29, 0.717) is 23.1 Å². The number of nitrogens with zero attached hydrogens (tertiary/aromatic N) is 1. The molecule has 0 bridgehead atoms. The molecule has 2 heterocycles. The summed E-state index contributed by atoms with van der Waals surface area (Å²) in [5, 5.41) is 5.90. The second-order valence-corrected chi connectivity index (χ2v) is 7.04. The maximum Gasteiger partial charge on any atom is 0.336 e. The molecule has 8 nitrogen and oxygen atoms in total. The van der Waals surface area contributed by atoms with E-state index in [1.807, 2.05) is 13.8 Å². The molecule has 3 rings (SSSR count). The Morgan fingerprint density at radius 2 is 2.00 bits per heavy atom. The highest BCUT2D eigenvalue weighted by Crippen LogP contribution is 2.24. The van der Waals surface area contributed by atoms with Crippen LogP contribution in [0.1, 0.15) is 32.8 Å². The number of hydrogen-bond donors (Lipinski definition) is 2. The fraction of sp³-hybridized carbons (Fsp3) is 0.368. The molecule has 142 valence electrons. The van der Waals surface area contributed by atoms with E-state index in [2.05, 4.69) is 10.6 Å². The lowest BCUT2D eigenvalue weighted by molar-refractivity contribution is -0.128. The summed E-state index contributed by atoms with van der Waals surface area (Å²) >= 11 is 0. The monoisotopic (exact) mass is 371 g/mol. The van der Waals surface area contributed by atoms with E-state index in [9.17, 15) is 19.2 Å². The number of amides is 4. The van der Waals surface area contributed by atoms with Gasteiger partial charge in [-0.1, -0.05) is 13.8 Å². The van der Waals surface area contributed by atoms with Gasteiger partial charge in [0, 0.05) is 30.1 Å². The minimum absolute atomic E-state index is 0.0269. The molecule has 2 aromatic rings. The Morgan fingerprint density at radius 3 is 2.67 bits per heavy atom. The van der Waals surface area contributed by atoms with Crippen LogP contribution in [-0.2, 0) is 16.1 Å². The fourth-order valence-corrected chi connectivity index (χ4v) is 3.17. The van der Waals surface area contributed by atoms with Gasteiger partial charge in [0.15, 0.2) is 0 Å². The molecule has 1 saturated heterocycles.